The first-order chi connectivity index (χ1) is 15.6. The molecule has 1 aliphatic heterocycles. The Bertz CT molecular complexity index is 993. The molecule has 0 aliphatic carbocycles. The summed E-state index contributed by atoms with van der Waals surface area (Å²) in [6.07, 6.45) is -2.60. The van der Waals surface area contributed by atoms with Crippen molar-refractivity contribution in [1.29, 1.82) is 0 Å². The fourth-order valence-electron chi connectivity index (χ4n) is 3.67. The van der Waals surface area contributed by atoms with Crippen molar-refractivity contribution < 1.29 is 27.5 Å². The average molecular weight is 485 g/mol. The Morgan fingerprint density at radius 3 is 2.52 bits per heavy atom. The molecule has 0 unspecified atom stereocenters. The first-order valence-electron chi connectivity index (χ1n) is 10.2. The van der Waals surface area contributed by atoms with Gasteiger partial charge in [-0.15, -0.1) is 0 Å². The molecular weight excluding hydrogens is 461 g/mol. The lowest BCUT2D eigenvalue weighted by Gasteiger charge is -2.33. The van der Waals surface area contributed by atoms with Gasteiger partial charge in [0.05, 0.1) is 24.9 Å². The molecule has 178 valence electrons. The molecule has 0 spiro atoms. The lowest BCUT2D eigenvalue weighted by Crippen LogP contribution is -2.43. The summed E-state index contributed by atoms with van der Waals surface area (Å²) in [5, 5.41) is 3.13. The van der Waals surface area contributed by atoms with Crippen LogP contribution in [0.15, 0.2) is 36.5 Å². The largest absolute Gasteiger partial charge is 0.495 e. The number of piperidine rings is 1. The molecule has 7 nitrogen and oxygen atoms in total. The van der Waals surface area contributed by atoms with Gasteiger partial charge in [0.25, 0.3) is 0 Å². The Morgan fingerprint density at radius 2 is 1.94 bits per heavy atom. The van der Waals surface area contributed by atoms with Crippen molar-refractivity contribution in [2.24, 2.45) is 5.92 Å². The van der Waals surface area contributed by atoms with Crippen molar-refractivity contribution >= 4 is 34.9 Å². The van der Waals surface area contributed by atoms with E-state index in [2.05, 4.69) is 10.3 Å². The second-order valence-electron chi connectivity index (χ2n) is 7.75. The summed E-state index contributed by atoms with van der Waals surface area (Å²) >= 11 is 5.97. The van der Waals surface area contributed by atoms with Crippen LogP contribution in [0.1, 0.15) is 18.4 Å². The summed E-state index contributed by atoms with van der Waals surface area (Å²) < 4.78 is 43.3. The smallest absolute Gasteiger partial charge is 0.417 e. The van der Waals surface area contributed by atoms with E-state index in [-0.39, 0.29) is 18.4 Å². The summed E-state index contributed by atoms with van der Waals surface area (Å²) in [5.41, 5.74) is -0.389. The lowest BCUT2D eigenvalue weighted by atomic mass is 9.95. The Hall–Kier alpha value is -3.01. The van der Waals surface area contributed by atoms with Crippen LogP contribution in [-0.2, 0) is 15.8 Å². The Morgan fingerprint density at radius 1 is 1.24 bits per heavy atom. The SMILES string of the molecule is COc1ccc(Cl)cc1NC(=O)CN(C)C(=O)C1CCN(c2ccc(C(F)(F)F)cn2)CC1. The van der Waals surface area contributed by atoms with Gasteiger partial charge in [0.15, 0.2) is 0 Å². The first kappa shape index (κ1) is 24.6. The fourth-order valence-corrected chi connectivity index (χ4v) is 3.84. The Kier molecular flexibility index (Phi) is 7.68. The number of alkyl halides is 3. The number of pyridine rings is 1. The number of methoxy groups -OCH3 is 1. The minimum absolute atomic E-state index is 0.144. The number of anilines is 2. The molecule has 2 amide bonds. The molecule has 1 N–H and O–H groups in total. The molecule has 0 saturated carbocycles. The highest BCUT2D eigenvalue weighted by Gasteiger charge is 2.32. The lowest BCUT2D eigenvalue weighted by molar-refractivity contribution is -0.138. The third-order valence-corrected chi connectivity index (χ3v) is 5.67. The molecule has 0 radical (unpaired) electrons. The summed E-state index contributed by atoms with van der Waals surface area (Å²) in [7, 11) is 3.03. The van der Waals surface area contributed by atoms with Crippen LogP contribution < -0.4 is 15.0 Å². The molecule has 1 aromatic heterocycles. The monoisotopic (exact) mass is 484 g/mol. The zero-order valence-corrected chi connectivity index (χ0v) is 18.9. The maximum Gasteiger partial charge on any atom is 0.417 e. The average Bonchev–Trinajstić information content (AvgIpc) is 2.78. The van der Waals surface area contributed by atoms with E-state index in [4.69, 9.17) is 16.3 Å². The van der Waals surface area contributed by atoms with Gasteiger partial charge in [0, 0.05) is 37.3 Å². The maximum atomic E-state index is 12.8. The number of likely N-dealkylation sites (N-methyl/N-ethyl adjacent to an activating group) is 1. The van der Waals surface area contributed by atoms with E-state index in [0.29, 0.717) is 48.2 Å². The number of nitrogens with one attached hydrogen (secondary N) is 1. The van der Waals surface area contributed by atoms with Crippen molar-refractivity contribution in [2.75, 3.05) is 44.0 Å². The standard InChI is InChI=1S/C22H24ClF3N4O3/c1-29(13-20(31)28-17-11-16(23)4-5-18(17)33-2)21(32)14-7-9-30(10-8-14)19-6-3-15(12-27-19)22(24,25)26/h3-6,11-12,14H,7-10,13H2,1-2H3,(H,28,31). The second-order valence-corrected chi connectivity index (χ2v) is 8.19. The highest BCUT2D eigenvalue weighted by atomic mass is 35.5. The third kappa shape index (κ3) is 6.28. The number of carbonyl (C=O) groups excluding carboxylic acids is 2. The molecular formula is C22H24ClF3N4O3. The van der Waals surface area contributed by atoms with Crippen molar-refractivity contribution in [3.8, 4) is 5.75 Å². The molecule has 2 aromatic rings. The molecule has 2 heterocycles. The number of halogens is 4. The van der Waals surface area contributed by atoms with Gasteiger partial charge < -0.3 is 19.9 Å². The fraction of sp³-hybridized carbons (Fsp3) is 0.409. The number of benzene rings is 1. The van der Waals surface area contributed by atoms with Crippen LogP contribution in [0.25, 0.3) is 0 Å². The van der Waals surface area contributed by atoms with E-state index in [0.717, 1.165) is 12.3 Å². The van der Waals surface area contributed by atoms with Gasteiger partial charge in [0.2, 0.25) is 11.8 Å². The molecule has 0 atom stereocenters. The van der Waals surface area contributed by atoms with E-state index < -0.39 is 17.6 Å². The summed E-state index contributed by atoms with van der Waals surface area (Å²) in [6, 6.07) is 7.17. The highest BCUT2D eigenvalue weighted by molar-refractivity contribution is 6.31. The molecule has 1 aromatic carbocycles. The molecule has 33 heavy (non-hydrogen) atoms. The van der Waals surface area contributed by atoms with Gasteiger partial charge in [-0.05, 0) is 43.2 Å². The van der Waals surface area contributed by atoms with Crippen LogP contribution in [-0.4, -0.2) is 55.5 Å². The van der Waals surface area contributed by atoms with Crippen LogP contribution in [0, 0.1) is 5.92 Å². The normalized spacial score (nSPS) is 14.7. The summed E-state index contributed by atoms with van der Waals surface area (Å²) in [5.74, 6) is 0.0540. The van der Waals surface area contributed by atoms with Crippen molar-refractivity contribution in [2.45, 2.75) is 19.0 Å². The minimum Gasteiger partial charge on any atom is -0.495 e. The molecule has 3 rings (SSSR count). The van der Waals surface area contributed by atoms with Crippen LogP contribution in [0.5, 0.6) is 5.75 Å². The van der Waals surface area contributed by atoms with Crippen molar-refractivity contribution in [3.05, 3.63) is 47.1 Å². The van der Waals surface area contributed by atoms with Gasteiger partial charge in [-0.25, -0.2) is 4.98 Å². The van der Waals surface area contributed by atoms with E-state index in [1.54, 1.807) is 25.2 Å². The van der Waals surface area contributed by atoms with Crippen LogP contribution in [0.2, 0.25) is 5.02 Å². The number of carbonyl (C=O) groups is 2. The van der Waals surface area contributed by atoms with E-state index in [1.165, 1.54) is 18.1 Å². The zero-order chi connectivity index (χ0) is 24.2. The highest BCUT2D eigenvalue weighted by Crippen LogP contribution is 2.31. The molecule has 11 heteroatoms. The summed E-state index contributed by atoms with van der Waals surface area (Å²) in [6.45, 7) is 0.818. The number of nitrogens with zero attached hydrogens (tertiary/aromatic N) is 3. The summed E-state index contributed by atoms with van der Waals surface area (Å²) in [4.78, 5) is 32.4. The van der Waals surface area contributed by atoms with Gasteiger partial charge >= 0.3 is 6.18 Å². The topological polar surface area (TPSA) is 74.8 Å². The van der Waals surface area contributed by atoms with Crippen molar-refractivity contribution in [3.63, 3.8) is 0 Å². The quantitative estimate of drug-likeness (QED) is 0.669. The van der Waals surface area contributed by atoms with Crippen LogP contribution in [0.3, 0.4) is 0 Å². The van der Waals surface area contributed by atoms with E-state index >= 15 is 0 Å². The number of ether oxygens (including phenoxy) is 1. The van der Waals surface area contributed by atoms with Gasteiger partial charge in [-0.2, -0.15) is 13.2 Å². The van der Waals surface area contributed by atoms with Gasteiger partial charge in [-0.3, -0.25) is 9.59 Å². The number of hydrogen-bond acceptors (Lipinski definition) is 5. The predicted molar refractivity (Wildman–Crippen MR) is 118 cm³/mol. The Labute approximate surface area is 194 Å². The number of hydrogen-bond donors (Lipinski definition) is 1. The molecule has 1 aliphatic rings. The van der Waals surface area contributed by atoms with Gasteiger partial charge in [-0.1, -0.05) is 11.6 Å². The third-order valence-electron chi connectivity index (χ3n) is 5.44. The predicted octanol–water partition coefficient (Wildman–Crippen LogP) is 4.08. The van der Waals surface area contributed by atoms with Crippen LogP contribution >= 0.6 is 11.6 Å². The van der Waals surface area contributed by atoms with Gasteiger partial charge in [0.1, 0.15) is 11.6 Å². The van der Waals surface area contributed by atoms with E-state index in [9.17, 15) is 22.8 Å². The molecule has 1 fully saturated rings. The molecule has 1 saturated heterocycles. The van der Waals surface area contributed by atoms with E-state index in [1.807, 2.05) is 4.90 Å². The number of amides is 2. The maximum absolute atomic E-state index is 12.8. The zero-order valence-electron chi connectivity index (χ0n) is 18.2. The van der Waals surface area contributed by atoms with Crippen molar-refractivity contribution in [1.82, 2.24) is 9.88 Å². The molecule has 0 bridgehead atoms. The second kappa shape index (κ2) is 10.3. The number of aromatic nitrogens is 1. The Balaban J connectivity index is 1.52. The number of rotatable bonds is 6. The van der Waals surface area contributed by atoms with Crippen LogP contribution in [0.4, 0.5) is 24.7 Å². The first-order valence-corrected chi connectivity index (χ1v) is 10.6. The minimum atomic E-state index is -4.43.